The van der Waals surface area contributed by atoms with Gasteiger partial charge in [0.2, 0.25) is 5.91 Å². The highest BCUT2D eigenvalue weighted by molar-refractivity contribution is 7.19. The maximum Gasteiger partial charge on any atom is 0.281 e. The Morgan fingerprint density at radius 2 is 1.94 bits per heavy atom. The molecule has 1 N–H and O–H groups in total. The highest BCUT2D eigenvalue weighted by atomic mass is 32.1. The second kappa shape index (κ2) is 8.29. The third-order valence-electron chi connectivity index (χ3n) is 5.91. The molecule has 7 nitrogen and oxygen atoms in total. The first kappa shape index (κ1) is 21.1. The minimum Gasteiger partial charge on any atom is -0.312 e. The van der Waals surface area contributed by atoms with Crippen LogP contribution in [0.4, 0.5) is 5.69 Å². The average molecular weight is 459 g/mol. The molecule has 5 rings (SSSR count). The van der Waals surface area contributed by atoms with Crippen LogP contribution in [-0.2, 0) is 11.2 Å². The van der Waals surface area contributed by atoms with Crippen LogP contribution in [0, 0.1) is 6.92 Å². The van der Waals surface area contributed by atoms with Crippen molar-refractivity contribution >= 4 is 39.1 Å². The molecule has 2 amide bonds. The molecule has 3 heterocycles. The van der Waals surface area contributed by atoms with Gasteiger partial charge in [-0.05, 0) is 42.7 Å². The lowest BCUT2D eigenvalue weighted by atomic mass is 10.0. The van der Waals surface area contributed by atoms with E-state index in [4.69, 9.17) is 0 Å². The lowest BCUT2D eigenvalue weighted by Gasteiger charge is -2.16. The number of anilines is 1. The molecular weight excluding hydrogens is 436 g/mol. The molecule has 0 fully saturated rings. The summed E-state index contributed by atoms with van der Waals surface area (Å²) in [6, 6.07) is 15.0. The summed E-state index contributed by atoms with van der Waals surface area (Å²) in [5.41, 5.74) is 6.35. The summed E-state index contributed by atoms with van der Waals surface area (Å²) < 4.78 is 1.14. The minimum absolute atomic E-state index is 0.0668. The molecule has 4 aromatic rings. The molecule has 0 radical (unpaired) electrons. The number of carbonyl (C=O) groups excluding carboxylic acids is 2. The molecule has 0 bridgehead atoms. The highest BCUT2D eigenvalue weighted by Crippen LogP contribution is 2.35. The van der Waals surface area contributed by atoms with Crippen LogP contribution in [0.3, 0.4) is 0 Å². The number of hydrogen-bond donors (Lipinski definition) is 1. The van der Waals surface area contributed by atoms with E-state index in [0.717, 1.165) is 31.9 Å². The zero-order chi connectivity index (χ0) is 23.1. The van der Waals surface area contributed by atoms with Crippen molar-refractivity contribution in [2.75, 3.05) is 16.9 Å². The normalized spacial score (nSPS) is 12.7. The Hall–Kier alpha value is -3.78. The first-order chi connectivity index (χ1) is 16.0. The largest absolute Gasteiger partial charge is 0.312 e. The number of benzene rings is 2. The van der Waals surface area contributed by atoms with E-state index in [1.165, 1.54) is 17.7 Å². The van der Waals surface area contributed by atoms with Gasteiger partial charge in [0.1, 0.15) is 11.2 Å². The van der Waals surface area contributed by atoms with Gasteiger partial charge in [-0.3, -0.25) is 19.8 Å². The monoisotopic (exact) mass is 458 g/mol. The van der Waals surface area contributed by atoms with E-state index < -0.39 is 5.91 Å². The maximum atomic E-state index is 13.3. The van der Waals surface area contributed by atoms with Crippen molar-refractivity contribution in [1.82, 2.24) is 9.66 Å². The van der Waals surface area contributed by atoms with Gasteiger partial charge in [0.25, 0.3) is 11.5 Å². The van der Waals surface area contributed by atoms with Crippen molar-refractivity contribution in [2.45, 2.75) is 26.7 Å². The van der Waals surface area contributed by atoms with Gasteiger partial charge < -0.3 is 4.90 Å². The van der Waals surface area contributed by atoms with Gasteiger partial charge in [-0.1, -0.05) is 37.3 Å². The highest BCUT2D eigenvalue weighted by Gasteiger charge is 2.25. The standard InChI is InChI=1S/C25H22N4O3S/c1-3-20(30)28-12-11-17-13-18(9-10-19(17)28)23(31)27-29-14-26-24-22(25(29)32)21(15(2)33-24)16-7-5-4-6-8-16/h4-10,13-14H,3,11-12H2,1-2H3,(H,27,31). The Morgan fingerprint density at radius 3 is 2.70 bits per heavy atom. The number of thiophene rings is 1. The number of amides is 2. The van der Waals surface area contributed by atoms with Crippen LogP contribution < -0.4 is 15.9 Å². The van der Waals surface area contributed by atoms with E-state index in [1.807, 2.05) is 44.2 Å². The Kier molecular flexibility index (Phi) is 5.30. The lowest BCUT2D eigenvalue weighted by Crippen LogP contribution is -2.33. The molecule has 1 aliphatic heterocycles. The zero-order valence-electron chi connectivity index (χ0n) is 18.3. The minimum atomic E-state index is -0.408. The summed E-state index contributed by atoms with van der Waals surface area (Å²) in [6.07, 6.45) is 2.49. The smallest absolute Gasteiger partial charge is 0.281 e. The molecule has 33 heavy (non-hydrogen) atoms. The van der Waals surface area contributed by atoms with E-state index >= 15 is 0 Å². The van der Waals surface area contributed by atoms with Crippen LogP contribution >= 0.6 is 11.3 Å². The number of aromatic nitrogens is 2. The van der Waals surface area contributed by atoms with Crippen molar-refractivity contribution < 1.29 is 9.59 Å². The first-order valence-corrected chi connectivity index (χ1v) is 11.6. The Bertz CT molecular complexity index is 1460. The van der Waals surface area contributed by atoms with Gasteiger partial charge in [-0.2, -0.15) is 0 Å². The van der Waals surface area contributed by atoms with Crippen molar-refractivity contribution in [3.63, 3.8) is 0 Å². The second-order valence-corrected chi connectivity index (χ2v) is 9.14. The van der Waals surface area contributed by atoms with Gasteiger partial charge >= 0.3 is 0 Å². The summed E-state index contributed by atoms with van der Waals surface area (Å²) >= 11 is 1.46. The van der Waals surface area contributed by atoms with Crippen LogP contribution in [0.15, 0.2) is 59.7 Å². The van der Waals surface area contributed by atoms with Crippen molar-refractivity contribution in [3.05, 3.63) is 81.2 Å². The molecule has 0 atom stereocenters. The van der Waals surface area contributed by atoms with E-state index in [1.54, 1.807) is 23.1 Å². The Balaban J connectivity index is 1.48. The van der Waals surface area contributed by atoms with E-state index in [-0.39, 0.29) is 11.5 Å². The van der Waals surface area contributed by atoms with Crippen molar-refractivity contribution in [2.24, 2.45) is 0 Å². The molecule has 1 aliphatic rings. The molecule has 0 saturated heterocycles. The molecular formula is C25H22N4O3S. The van der Waals surface area contributed by atoms with Gasteiger partial charge in [0, 0.05) is 34.7 Å². The summed E-state index contributed by atoms with van der Waals surface area (Å²) in [5, 5.41) is 0.495. The SMILES string of the molecule is CCC(=O)N1CCc2cc(C(=O)Nn3cnc4sc(C)c(-c5ccccc5)c4c3=O)ccc21. The van der Waals surface area contributed by atoms with Gasteiger partial charge in [0.15, 0.2) is 0 Å². The average Bonchev–Trinajstić information content (AvgIpc) is 3.41. The summed E-state index contributed by atoms with van der Waals surface area (Å²) in [7, 11) is 0. The third-order valence-corrected chi connectivity index (χ3v) is 6.93. The fraction of sp³-hybridized carbons (Fsp3) is 0.200. The van der Waals surface area contributed by atoms with Crippen LogP contribution in [0.2, 0.25) is 0 Å². The van der Waals surface area contributed by atoms with Gasteiger partial charge in [-0.15, -0.1) is 11.3 Å². The molecule has 2 aromatic heterocycles. The summed E-state index contributed by atoms with van der Waals surface area (Å²) in [4.78, 5) is 46.2. The molecule has 8 heteroatoms. The number of aryl methyl sites for hydroxylation is 1. The number of nitrogens with zero attached hydrogens (tertiary/aromatic N) is 3. The molecule has 0 unspecified atom stereocenters. The molecule has 0 spiro atoms. The van der Waals surface area contributed by atoms with Gasteiger partial charge in [-0.25, -0.2) is 9.66 Å². The van der Waals surface area contributed by atoms with Crippen molar-refractivity contribution in [1.29, 1.82) is 0 Å². The molecule has 166 valence electrons. The van der Waals surface area contributed by atoms with Gasteiger partial charge in [0.05, 0.1) is 5.39 Å². The fourth-order valence-corrected chi connectivity index (χ4v) is 5.30. The summed E-state index contributed by atoms with van der Waals surface area (Å²) in [5.74, 6) is -0.341. The lowest BCUT2D eigenvalue weighted by molar-refractivity contribution is -0.118. The Labute approximate surface area is 194 Å². The number of carbonyl (C=O) groups is 2. The van der Waals surface area contributed by atoms with E-state index in [2.05, 4.69) is 10.4 Å². The predicted molar refractivity (Wildman–Crippen MR) is 131 cm³/mol. The Morgan fingerprint density at radius 1 is 1.15 bits per heavy atom. The number of nitrogens with one attached hydrogen (secondary N) is 1. The van der Waals surface area contributed by atoms with Crippen LogP contribution in [0.1, 0.15) is 34.1 Å². The first-order valence-electron chi connectivity index (χ1n) is 10.8. The zero-order valence-corrected chi connectivity index (χ0v) is 19.1. The fourth-order valence-electron chi connectivity index (χ4n) is 4.30. The quantitative estimate of drug-likeness (QED) is 0.499. The van der Waals surface area contributed by atoms with Crippen LogP contribution in [-0.4, -0.2) is 28.0 Å². The third kappa shape index (κ3) is 3.62. The van der Waals surface area contributed by atoms with E-state index in [9.17, 15) is 14.4 Å². The molecule has 0 aliphatic carbocycles. The summed E-state index contributed by atoms with van der Waals surface area (Å²) in [6.45, 7) is 4.42. The molecule has 2 aromatic carbocycles. The number of hydrogen-bond acceptors (Lipinski definition) is 5. The van der Waals surface area contributed by atoms with Crippen LogP contribution in [0.25, 0.3) is 21.3 Å². The topological polar surface area (TPSA) is 84.3 Å². The van der Waals surface area contributed by atoms with Crippen LogP contribution in [0.5, 0.6) is 0 Å². The number of fused-ring (bicyclic) bond motifs is 2. The van der Waals surface area contributed by atoms with E-state index in [0.29, 0.717) is 35.2 Å². The number of rotatable bonds is 4. The van der Waals surface area contributed by atoms with Crippen molar-refractivity contribution in [3.8, 4) is 11.1 Å². The predicted octanol–water partition coefficient (Wildman–Crippen LogP) is 4.12. The second-order valence-electron chi connectivity index (χ2n) is 7.93. The molecule has 0 saturated carbocycles. The maximum absolute atomic E-state index is 13.3.